The molecule has 2 aliphatic heterocycles. The number of carbonyl (C=O) groups is 2. The Bertz CT molecular complexity index is 1280. The molecule has 2 aliphatic rings. The minimum Gasteiger partial charge on any atom is -0.497 e. The predicted octanol–water partition coefficient (Wildman–Crippen LogP) is 4.87. The number of amidine groups is 1. The van der Waals surface area contributed by atoms with Crippen LogP contribution >= 0.6 is 11.8 Å². The van der Waals surface area contributed by atoms with Crippen LogP contribution in [0.2, 0.25) is 0 Å². The Morgan fingerprint density at radius 3 is 2.40 bits per heavy atom. The van der Waals surface area contributed by atoms with Gasteiger partial charge >= 0.3 is 0 Å². The molecule has 1 N–H and O–H groups in total. The topological polar surface area (TPSA) is 83.4 Å². The molecule has 0 saturated heterocycles. The highest BCUT2D eigenvalue weighted by molar-refractivity contribution is 8.15. The summed E-state index contributed by atoms with van der Waals surface area (Å²) in [4.78, 5) is 29.6. The van der Waals surface area contributed by atoms with Gasteiger partial charge in [-0.3, -0.25) is 9.59 Å². The molecule has 3 aromatic carbocycles. The van der Waals surface area contributed by atoms with Gasteiger partial charge in [-0.1, -0.05) is 72.4 Å². The van der Waals surface area contributed by atoms with Gasteiger partial charge in [0.1, 0.15) is 11.0 Å². The first kappa shape index (κ1) is 22.9. The standard InChI is InChI=1S/C27H24N4O3S/c1-34-21-14-12-19(13-15-21)23-16-22(18-8-4-2-5-9-18)30-31(23)27-29-26(33)24(35-27)17-25(32)28-20-10-6-3-7-11-20/h2-15,23-24H,16-17H2,1H3,(H,28,32). The molecule has 176 valence electrons. The van der Waals surface area contributed by atoms with Crippen molar-refractivity contribution in [2.75, 3.05) is 12.4 Å². The molecule has 0 spiro atoms. The first-order chi connectivity index (χ1) is 17.1. The van der Waals surface area contributed by atoms with Gasteiger partial charge in [0.15, 0.2) is 5.17 Å². The summed E-state index contributed by atoms with van der Waals surface area (Å²) < 4.78 is 5.30. The van der Waals surface area contributed by atoms with Gasteiger partial charge in [0.05, 0.1) is 18.9 Å². The zero-order chi connectivity index (χ0) is 24.2. The van der Waals surface area contributed by atoms with Crippen LogP contribution in [0.4, 0.5) is 5.69 Å². The number of rotatable bonds is 6. The molecular formula is C27H24N4O3S. The van der Waals surface area contributed by atoms with E-state index in [2.05, 4.69) is 10.3 Å². The van der Waals surface area contributed by atoms with Gasteiger partial charge in [0, 0.05) is 18.5 Å². The van der Waals surface area contributed by atoms with Crippen LogP contribution in [0.15, 0.2) is 95.0 Å². The van der Waals surface area contributed by atoms with Crippen molar-refractivity contribution in [2.45, 2.75) is 24.1 Å². The Kier molecular flexibility index (Phi) is 6.63. The largest absolute Gasteiger partial charge is 0.497 e. The number of thioether (sulfide) groups is 1. The van der Waals surface area contributed by atoms with Crippen molar-refractivity contribution >= 4 is 40.1 Å². The second-order valence-corrected chi connectivity index (χ2v) is 9.38. The lowest BCUT2D eigenvalue weighted by Crippen LogP contribution is -2.25. The van der Waals surface area contributed by atoms with Gasteiger partial charge in [-0.2, -0.15) is 10.1 Å². The summed E-state index contributed by atoms with van der Waals surface area (Å²) in [6, 6.07) is 26.9. The maximum Gasteiger partial charge on any atom is 0.262 e. The number of methoxy groups -OCH3 is 1. The van der Waals surface area contributed by atoms with E-state index in [1.165, 1.54) is 11.8 Å². The number of amides is 2. The molecule has 2 amide bonds. The molecule has 0 aromatic heterocycles. The molecule has 2 atom stereocenters. The van der Waals surface area contributed by atoms with Crippen LogP contribution in [-0.2, 0) is 9.59 Å². The van der Waals surface area contributed by atoms with E-state index in [1.807, 2.05) is 89.9 Å². The lowest BCUT2D eigenvalue weighted by molar-refractivity contribution is -0.121. The number of hydrazone groups is 1. The lowest BCUT2D eigenvalue weighted by Gasteiger charge is -2.23. The maximum absolute atomic E-state index is 12.7. The Balaban J connectivity index is 1.35. The third-order valence-corrected chi connectivity index (χ3v) is 7.01. The van der Waals surface area contributed by atoms with E-state index < -0.39 is 5.25 Å². The fraction of sp³-hybridized carbons (Fsp3) is 0.185. The van der Waals surface area contributed by atoms with Crippen LogP contribution in [0.25, 0.3) is 0 Å². The minimum absolute atomic E-state index is 0.0433. The second kappa shape index (κ2) is 10.1. The van der Waals surface area contributed by atoms with E-state index >= 15 is 0 Å². The maximum atomic E-state index is 12.7. The average molecular weight is 485 g/mol. The van der Waals surface area contributed by atoms with Gasteiger partial charge in [-0.05, 0) is 35.4 Å². The highest BCUT2D eigenvalue weighted by Gasteiger charge is 2.39. The zero-order valence-corrected chi connectivity index (χ0v) is 19.9. The quantitative estimate of drug-likeness (QED) is 0.540. The molecule has 3 aromatic rings. The number of hydrogen-bond donors (Lipinski definition) is 1. The fourth-order valence-corrected chi connectivity index (χ4v) is 5.15. The number of para-hydroxylation sites is 1. The first-order valence-corrected chi connectivity index (χ1v) is 12.2. The van der Waals surface area contributed by atoms with Crippen molar-refractivity contribution in [3.05, 3.63) is 96.1 Å². The van der Waals surface area contributed by atoms with Gasteiger partial charge < -0.3 is 10.1 Å². The smallest absolute Gasteiger partial charge is 0.262 e. The minimum atomic E-state index is -0.582. The van der Waals surface area contributed by atoms with Crippen LogP contribution in [0.3, 0.4) is 0 Å². The van der Waals surface area contributed by atoms with E-state index in [-0.39, 0.29) is 24.3 Å². The van der Waals surface area contributed by atoms with Gasteiger partial charge in [0.2, 0.25) is 5.91 Å². The third-order valence-electron chi connectivity index (χ3n) is 5.87. The molecular weight excluding hydrogens is 460 g/mol. The van der Waals surface area contributed by atoms with E-state index in [0.29, 0.717) is 17.3 Å². The normalized spacial score (nSPS) is 19.3. The number of benzene rings is 3. The summed E-state index contributed by atoms with van der Waals surface area (Å²) in [5.41, 5.74) is 3.70. The summed E-state index contributed by atoms with van der Waals surface area (Å²) in [7, 11) is 1.64. The van der Waals surface area contributed by atoms with Crippen molar-refractivity contribution in [2.24, 2.45) is 10.1 Å². The molecule has 0 aliphatic carbocycles. The highest BCUT2D eigenvalue weighted by Crippen LogP contribution is 2.39. The Labute approximate surface area is 207 Å². The SMILES string of the molecule is COc1ccc(C2CC(c3ccccc3)=NN2C2=NC(=O)C(CC(=O)Nc3ccccc3)S2)cc1. The summed E-state index contributed by atoms with van der Waals surface area (Å²) in [5, 5.41) is 9.46. The van der Waals surface area contributed by atoms with Crippen molar-refractivity contribution in [1.29, 1.82) is 0 Å². The molecule has 0 radical (unpaired) electrons. The van der Waals surface area contributed by atoms with Gasteiger partial charge in [-0.15, -0.1) is 0 Å². The first-order valence-electron chi connectivity index (χ1n) is 11.3. The summed E-state index contributed by atoms with van der Waals surface area (Å²) in [6.07, 6.45) is 0.713. The van der Waals surface area contributed by atoms with E-state index in [9.17, 15) is 9.59 Å². The number of aliphatic imine (C=N–C) groups is 1. The van der Waals surface area contributed by atoms with Crippen LogP contribution in [0.1, 0.15) is 30.0 Å². The number of nitrogens with one attached hydrogen (secondary N) is 1. The van der Waals surface area contributed by atoms with Crippen LogP contribution in [0.5, 0.6) is 5.75 Å². The van der Waals surface area contributed by atoms with Gasteiger partial charge in [-0.25, -0.2) is 5.01 Å². The molecule has 2 unspecified atom stereocenters. The molecule has 7 nitrogen and oxygen atoms in total. The van der Waals surface area contributed by atoms with Crippen molar-refractivity contribution in [1.82, 2.24) is 5.01 Å². The third kappa shape index (κ3) is 5.12. The highest BCUT2D eigenvalue weighted by atomic mass is 32.2. The fourth-order valence-electron chi connectivity index (χ4n) is 4.08. The number of carbonyl (C=O) groups excluding carboxylic acids is 2. The molecule has 0 fully saturated rings. The average Bonchev–Trinajstić information content (AvgIpc) is 3.49. The number of anilines is 1. The molecule has 8 heteroatoms. The molecule has 2 heterocycles. The van der Waals surface area contributed by atoms with Gasteiger partial charge in [0.25, 0.3) is 5.91 Å². The molecule has 0 bridgehead atoms. The predicted molar refractivity (Wildman–Crippen MR) is 139 cm³/mol. The summed E-state index contributed by atoms with van der Waals surface area (Å²) in [5.74, 6) is 0.236. The number of nitrogens with zero attached hydrogens (tertiary/aromatic N) is 3. The Morgan fingerprint density at radius 1 is 1.03 bits per heavy atom. The Morgan fingerprint density at radius 2 is 1.71 bits per heavy atom. The molecule has 5 rings (SSSR count). The number of ether oxygens (including phenoxy) is 1. The van der Waals surface area contributed by atoms with Crippen molar-refractivity contribution < 1.29 is 14.3 Å². The van der Waals surface area contributed by atoms with E-state index in [1.54, 1.807) is 7.11 Å². The van der Waals surface area contributed by atoms with E-state index in [4.69, 9.17) is 9.84 Å². The zero-order valence-electron chi connectivity index (χ0n) is 19.1. The number of hydrogen-bond acceptors (Lipinski definition) is 6. The van der Waals surface area contributed by atoms with Crippen LogP contribution < -0.4 is 10.1 Å². The van der Waals surface area contributed by atoms with Crippen molar-refractivity contribution in [3.8, 4) is 5.75 Å². The van der Waals surface area contributed by atoms with Crippen molar-refractivity contribution in [3.63, 3.8) is 0 Å². The second-order valence-electron chi connectivity index (χ2n) is 8.21. The Hall–Kier alpha value is -3.91. The summed E-state index contributed by atoms with van der Waals surface area (Å²) >= 11 is 1.29. The van der Waals surface area contributed by atoms with E-state index in [0.717, 1.165) is 22.6 Å². The lowest BCUT2D eigenvalue weighted by atomic mass is 9.98. The summed E-state index contributed by atoms with van der Waals surface area (Å²) in [6.45, 7) is 0. The monoisotopic (exact) mass is 484 g/mol. The van der Waals surface area contributed by atoms with Crippen LogP contribution in [0, 0.1) is 0 Å². The molecule has 35 heavy (non-hydrogen) atoms. The molecule has 0 saturated carbocycles. The van der Waals surface area contributed by atoms with Crippen LogP contribution in [-0.4, -0.2) is 40.1 Å².